The van der Waals surface area contributed by atoms with Gasteiger partial charge in [0.05, 0.1) is 10.9 Å². The minimum atomic E-state index is 0.105. The Morgan fingerprint density at radius 1 is 0.727 bits per heavy atom. The van der Waals surface area contributed by atoms with Gasteiger partial charge in [-0.05, 0) is 31.5 Å². The fourth-order valence-electron chi connectivity index (χ4n) is 4.71. The van der Waals surface area contributed by atoms with Gasteiger partial charge in [0.25, 0.3) is 5.56 Å². The number of fused-ring (bicyclic) bond motifs is 1. The molecule has 2 aromatic rings. The molecular weight excluding hydrogens is 406 g/mol. The van der Waals surface area contributed by atoms with Crippen LogP contribution in [0.25, 0.3) is 10.9 Å². The van der Waals surface area contributed by atoms with Crippen LogP contribution in [0.1, 0.15) is 122 Å². The normalized spacial score (nSPS) is 11.5. The van der Waals surface area contributed by atoms with Crippen LogP contribution in [0.4, 0.5) is 0 Å². The lowest BCUT2D eigenvalue weighted by atomic mass is 10.0. The highest BCUT2D eigenvalue weighted by Crippen LogP contribution is 2.15. The SMILES string of the molecule is CCCCCCCCCCCCCCCCCCn1c(CCCN)nc2ccccc2c1=O. The van der Waals surface area contributed by atoms with Crippen LogP contribution in [0.15, 0.2) is 29.1 Å². The Balaban J connectivity index is 1.56. The van der Waals surface area contributed by atoms with Gasteiger partial charge in [0.1, 0.15) is 5.82 Å². The van der Waals surface area contributed by atoms with Gasteiger partial charge in [-0.3, -0.25) is 9.36 Å². The second-order valence-electron chi connectivity index (χ2n) is 9.70. The van der Waals surface area contributed by atoms with E-state index in [9.17, 15) is 4.79 Å². The standard InChI is InChI=1S/C29H49N3O/c1-2-3-4-5-6-7-8-9-10-11-12-13-14-15-16-19-25-32-28(23-20-24-30)31-27-22-18-17-21-26(27)29(32)33/h17-18,21-22H,2-16,19-20,23-25,30H2,1H3. The van der Waals surface area contributed by atoms with Crippen molar-refractivity contribution in [1.29, 1.82) is 0 Å². The molecule has 4 nitrogen and oxygen atoms in total. The fourth-order valence-corrected chi connectivity index (χ4v) is 4.71. The number of aromatic nitrogens is 2. The maximum atomic E-state index is 13.0. The number of hydrogen-bond acceptors (Lipinski definition) is 3. The van der Waals surface area contributed by atoms with E-state index in [-0.39, 0.29) is 5.56 Å². The summed E-state index contributed by atoms with van der Waals surface area (Å²) in [6.45, 7) is 3.68. The van der Waals surface area contributed by atoms with Gasteiger partial charge in [-0.15, -0.1) is 0 Å². The smallest absolute Gasteiger partial charge is 0.261 e. The highest BCUT2D eigenvalue weighted by atomic mass is 16.1. The van der Waals surface area contributed by atoms with Crippen molar-refractivity contribution in [3.8, 4) is 0 Å². The molecule has 33 heavy (non-hydrogen) atoms. The second kappa shape index (κ2) is 17.8. The van der Waals surface area contributed by atoms with Crippen molar-refractivity contribution < 1.29 is 0 Å². The van der Waals surface area contributed by atoms with Gasteiger partial charge in [0, 0.05) is 13.0 Å². The molecule has 0 atom stereocenters. The Morgan fingerprint density at radius 2 is 1.24 bits per heavy atom. The lowest BCUT2D eigenvalue weighted by molar-refractivity contribution is 0.510. The van der Waals surface area contributed by atoms with Crippen LogP contribution in [0.5, 0.6) is 0 Å². The lowest BCUT2D eigenvalue weighted by Gasteiger charge is -2.13. The molecule has 186 valence electrons. The summed E-state index contributed by atoms with van der Waals surface area (Å²) in [6, 6.07) is 7.69. The second-order valence-corrected chi connectivity index (χ2v) is 9.70. The maximum absolute atomic E-state index is 13.0. The number of para-hydroxylation sites is 1. The first-order valence-corrected chi connectivity index (χ1v) is 14.0. The zero-order chi connectivity index (χ0) is 23.6. The Kier molecular flexibility index (Phi) is 14.8. The summed E-state index contributed by atoms with van der Waals surface area (Å²) < 4.78 is 1.90. The van der Waals surface area contributed by atoms with Crippen molar-refractivity contribution >= 4 is 10.9 Å². The molecule has 0 saturated heterocycles. The van der Waals surface area contributed by atoms with Gasteiger partial charge in [-0.1, -0.05) is 115 Å². The van der Waals surface area contributed by atoms with Crippen LogP contribution in [0.2, 0.25) is 0 Å². The quantitative estimate of drug-likeness (QED) is 0.210. The summed E-state index contributed by atoms with van der Waals surface area (Å²) in [5, 5.41) is 0.727. The molecule has 0 aliphatic heterocycles. The van der Waals surface area contributed by atoms with Crippen LogP contribution in [-0.4, -0.2) is 16.1 Å². The van der Waals surface area contributed by atoms with E-state index >= 15 is 0 Å². The van der Waals surface area contributed by atoms with Crippen molar-refractivity contribution in [1.82, 2.24) is 9.55 Å². The van der Waals surface area contributed by atoms with Gasteiger partial charge in [0.15, 0.2) is 0 Å². The highest BCUT2D eigenvalue weighted by Gasteiger charge is 2.10. The van der Waals surface area contributed by atoms with Gasteiger partial charge >= 0.3 is 0 Å². The van der Waals surface area contributed by atoms with Crippen LogP contribution < -0.4 is 11.3 Å². The number of rotatable bonds is 20. The minimum absolute atomic E-state index is 0.105. The molecule has 0 aliphatic carbocycles. The molecule has 0 bridgehead atoms. The molecule has 0 spiro atoms. The van der Waals surface area contributed by atoms with Gasteiger partial charge in [-0.25, -0.2) is 4.98 Å². The van der Waals surface area contributed by atoms with E-state index in [4.69, 9.17) is 10.7 Å². The first kappa shape index (κ1) is 27.6. The van der Waals surface area contributed by atoms with E-state index in [1.165, 1.54) is 96.3 Å². The Hall–Kier alpha value is -1.68. The molecule has 2 N–H and O–H groups in total. The molecule has 0 saturated carbocycles. The molecule has 0 aliphatic rings. The summed E-state index contributed by atoms with van der Waals surface area (Å²) in [7, 11) is 0. The first-order valence-electron chi connectivity index (χ1n) is 14.0. The molecule has 1 aromatic heterocycles. The first-order chi connectivity index (χ1) is 16.3. The summed E-state index contributed by atoms with van der Waals surface area (Å²) in [5.74, 6) is 0.894. The zero-order valence-corrected chi connectivity index (χ0v) is 21.3. The van der Waals surface area contributed by atoms with Gasteiger partial charge in [-0.2, -0.15) is 0 Å². The number of benzene rings is 1. The predicted octanol–water partition coefficient (Wildman–Crippen LogP) is 7.55. The number of hydrogen-bond donors (Lipinski definition) is 1. The monoisotopic (exact) mass is 455 g/mol. The van der Waals surface area contributed by atoms with Crippen molar-refractivity contribution in [2.45, 2.75) is 129 Å². The summed E-state index contributed by atoms with van der Waals surface area (Å²) in [5.41, 5.74) is 6.61. The van der Waals surface area contributed by atoms with E-state index in [1.807, 2.05) is 28.8 Å². The lowest BCUT2D eigenvalue weighted by Crippen LogP contribution is -2.26. The third-order valence-electron chi connectivity index (χ3n) is 6.78. The van der Waals surface area contributed by atoms with Gasteiger partial charge in [0.2, 0.25) is 0 Å². The zero-order valence-electron chi connectivity index (χ0n) is 21.3. The van der Waals surface area contributed by atoms with E-state index in [0.29, 0.717) is 6.54 Å². The van der Waals surface area contributed by atoms with Crippen LogP contribution in [-0.2, 0) is 13.0 Å². The topological polar surface area (TPSA) is 60.9 Å². The number of nitrogens with zero attached hydrogens (tertiary/aromatic N) is 2. The highest BCUT2D eigenvalue weighted by molar-refractivity contribution is 5.77. The number of nitrogens with two attached hydrogens (primary N) is 1. The Labute approximate surface area is 202 Å². The van der Waals surface area contributed by atoms with Crippen molar-refractivity contribution in [2.75, 3.05) is 6.54 Å². The van der Waals surface area contributed by atoms with E-state index in [2.05, 4.69) is 6.92 Å². The average Bonchev–Trinajstić information content (AvgIpc) is 2.83. The Morgan fingerprint density at radius 3 is 1.79 bits per heavy atom. The van der Waals surface area contributed by atoms with E-state index in [1.54, 1.807) is 0 Å². The third kappa shape index (κ3) is 10.9. The third-order valence-corrected chi connectivity index (χ3v) is 6.78. The average molecular weight is 456 g/mol. The van der Waals surface area contributed by atoms with Crippen molar-refractivity contribution in [3.05, 3.63) is 40.4 Å². The molecule has 0 fully saturated rings. The molecule has 2 rings (SSSR count). The molecule has 0 amide bonds. The Bertz CT molecular complexity index is 814. The number of unbranched alkanes of at least 4 members (excludes halogenated alkanes) is 15. The number of aryl methyl sites for hydroxylation is 1. The van der Waals surface area contributed by atoms with Crippen LogP contribution in [0.3, 0.4) is 0 Å². The largest absolute Gasteiger partial charge is 0.330 e. The van der Waals surface area contributed by atoms with Gasteiger partial charge < -0.3 is 5.73 Å². The van der Waals surface area contributed by atoms with Crippen molar-refractivity contribution in [2.24, 2.45) is 5.73 Å². The predicted molar refractivity (Wildman–Crippen MR) is 143 cm³/mol. The fraction of sp³-hybridized carbons (Fsp3) is 0.724. The van der Waals surface area contributed by atoms with E-state index < -0.39 is 0 Å². The molecule has 1 aromatic carbocycles. The summed E-state index contributed by atoms with van der Waals surface area (Å²) >= 11 is 0. The summed E-state index contributed by atoms with van der Waals surface area (Å²) in [6.07, 6.45) is 23.4. The molecular formula is C29H49N3O. The van der Waals surface area contributed by atoms with Crippen LogP contribution >= 0.6 is 0 Å². The molecule has 0 unspecified atom stereocenters. The van der Waals surface area contributed by atoms with Crippen LogP contribution in [0, 0.1) is 0 Å². The molecule has 0 radical (unpaired) electrons. The molecule has 1 heterocycles. The van der Waals surface area contributed by atoms with E-state index in [0.717, 1.165) is 42.5 Å². The molecule has 4 heteroatoms. The minimum Gasteiger partial charge on any atom is -0.330 e. The van der Waals surface area contributed by atoms with Crippen molar-refractivity contribution in [3.63, 3.8) is 0 Å². The summed E-state index contributed by atoms with van der Waals surface area (Å²) in [4.78, 5) is 17.8. The maximum Gasteiger partial charge on any atom is 0.261 e.